The molecule has 0 amide bonds. The topological polar surface area (TPSA) is 24.1 Å². The van der Waals surface area contributed by atoms with Crippen molar-refractivity contribution in [3.63, 3.8) is 0 Å². The second-order valence-electron chi connectivity index (χ2n) is 6.10. The van der Waals surface area contributed by atoms with Crippen molar-refractivity contribution < 1.29 is 0 Å². The lowest BCUT2D eigenvalue weighted by Gasteiger charge is -2.25. The molecule has 1 saturated heterocycles. The molecule has 1 aromatic carbocycles. The Kier molecular flexibility index (Phi) is 5.41. The van der Waals surface area contributed by atoms with Crippen LogP contribution in [-0.2, 0) is 0 Å². The molecule has 1 heterocycles. The van der Waals surface area contributed by atoms with E-state index >= 15 is 0 Å². The lowest BCUT2D eigenvalue weighted by atomic mass is 9.99. The minimum Gasteiger partial charge on any atom is -0.313 e. The number of rotatable bonds is 5. The van der Waals surface area contributed by atoms with E-state index in [4.69, 9.17) is 0 Å². The van der Waals surface area contributed by atoms with Crippen LogP contribution in [0.1, 0.15) is 63.1 Å². The van der Waals surface area contributed by atoms with Crippen LogP contribution in [0, 0.1) is 0 Å². The van der Waals surface area contributed by atoms with Gasteiger partial charge >= 0.3 is 0 Å². The van der Waals surface area contributed by atoms with E-state index in [-0.39, 0.29) is 0 Å². The molecule has 2 heteroatoms. The quantitative estimate of drug-likeness (QED) is 0.845. The van der Waals surface area contributed by atoms with Gasteiger partial charge in [-0.25, -0.2) is 0 Å². The van der Waals surface area contributed by atoms with Crippen molar-refractivity contribution in [1.82, 2.24) is 10.6 Å². The van der Waals surface area contributed by atoms with E-state index in [1.54, 1.807) is 0 Å². The fraction of sp³-hybridized carbons (Fsp3) is 0.647. The van der Waals surface area contributed by atoms with Crippen molar-refractivity contribution in [3.8, 4) is 0 Å². The first kappa shape index (κ1) is 14.5. The normalized spacial score (nSPS) is 21.6. The lowest BCUT2D eigenvalue weighted by molar-refractivity contribution is 0.371. The summed E-state index contributed by atoms with van der Waals surface area (Å²) in [5, 5.41) is 7.24. The summed E-state index contributed by atoms with van der Waals surface area (Å²) in [6.07, 6.45) is 4.02. The molecule has 2 nitrogen and oxygen atoms in total. The molecule has 2 N–H and O–H groups in total. The summed E-state index contributed by atoms with van der Waals surface area (Å²) in [5.41, 5.74) is 2.81. The Hall–Kier alpha value is -0.860. The molecule has 1 fully saturated rings. The lowest BCUT2D eigenvalue weighted by Crippen LogP contribution is -2.42. The Morgan fingerprint density at radius 3 is 2.37 bits per heavy atom. The summed E-state index contributed by atoms with van der Waals surface area (Å²) >= 11 is 0. The molecular formula is C17H28N2. The van der Waals surface area contributed by atoms with E-state index in [0.29, 0.717) is 18.0 Å². The van der Waals surface area contributed by atoms with E-state index in [1.807, 2.05) is 0 Å². The average molecular weight is 260 g/mol. The number of piperidine rings is 1. The van der Waals surface area contributed by atoms with Crippen molar-refractivity contribution in [2.75, 3.05) is 13.1 Å². The Bertz CT molecular complexity index is 363. The van der Waals surface area contributed by atoms with Crippen LogP contribution in [0.4, 0.5) is 0 Å². The molecular weight excluding hydrogens is 232 g/mol. The molecule has 0 aromatic heterocycles. The average Bonchev–Trinajstić information content (AvgIpc) is 2.46. The first-order chi connectivity index (χ1) is 9.16. The SMILES string of the molecule is CC(C)c1ccc(C(C)NCC2CCCCN2)cc1. The summed E-state index contributed by atoms with van der Waals surface area (Å²) < 4.78 is 0. The standard InChI is InChI=1S/C17H28N2/c1-13(2)15-7-9-16(10-8-15)14(3)19-12-17-6-4-5-11-18-17/h7-10,13-14,17-19H,4-6,11-12H2,1-3H3. The third-order valence-corrected chi connectivity index (χ3v) is 4.19. The first-order valence-corrected chi connectivity index (χ1v) is 7.73. The molecule has 106 valence electrons. The van der Waals surface area contributed by atoms with Gasteiger partial charge in [0.05, 0.1) is 0 Å². The fourth-order valence-corrected chi connectivity index (χ4v) is 2.70. The summed E-state index contributed by atoms with van der Waals surface area (Å²) in [4.78, 5) is 0. The molecule has 1 aliphatic heterocycles. The number of nitrogens with one attached hydrogen (secondary N) is 2. The third kappa shape index (κ3) is 4.32. The molecule has 0 radical (unpaired) electrons. The van der Waals surface area contributed by atoms with E-state index in [2.05, 4.69) is 55.7 Å². The summed E-state index contributed by atoms with van der Waals surface area (Å²) in [6.45, 7) is 9.00. The highest BCUT2D eigenvalue weighted by Crippen LogP contribution is 2.18. The fourth-order valence-electron chi connectivity index (χ4n) is 2.70. The van der Waals surface area contributed by atoms with Gasteiger partial charge in [-0.15, -0.1) is 0 Å². The highest BCUT2D eigenvalue weighted by Gasteiger charge is 2.13. The minimum atomic E-state index is 0.435. The van der Waals surface area contributed by atoms with Crippen molar-refractivity contribution >= 4 is 0 Å². The highest BCUT2D eigenvalue weighted by molar-refractivity contribution is 5.26. The van der Waals surface area contributed by atoms with E-state index in [9.17, 15) is 0 Å². The smallest absolute Gasteiger partial charge is 0.0292 e. The van der Waals surface area contributed by atoms with Gasteiger partial charge in [0.15, 0.2) is 0 Å². The Morgan fingerprint density at radius 1 is 1.11 bits per heavy atom. The van der Waals surface area contributed by atoms with Gasteiger partial charge < -0.3 is 10.6 Å². The van der Waals surface area contributed by atoms with Gasteiger partial charge in [0, 0.05) is 18.6 Å². The predicted octanol–water partition coefficient (Wildman–Crippen LogP) is 3.60. The number of hydrogen-bond acceptors (Lipinski definition) is 2. The monoisotopic (exact) mass is 260 g/mol. The highest BCUT2D eigenvalue weighted by atomic mass is 15.0. The largest absolute Gasteiger partial charge is 0.313 e. The maximum Gasteiger partial charge on any atom is 0.0292 e. The van der Waals surface area contributed by atoms with E-state index in [1.165, 1.54) is 36.9 Å². The third-order valence-electron chi connectivity index (χ3n) is 4.19. The second kappa shape index (κ2) is 7.06. The van der Waals surface area contributed by atoms with Crippen molar-refractivity contribution in [1.29, 1.82) is 0 Å². The molecule has 2 atom stereocenters. The molecule has 1 aliphatic rings. The summed E-state index contributed by atoms with van der Waals surface area (Å²) in [5.74, 6) is 0.615. The zero-order valence-corrected chi connectivity index (χ0v) is 12.6. The maximum atomic E-state index is 3.65. The second-order valence-corrected chi connectivity index (χ2v) is 6.10. The van der Waals surface area contributed by atoms with E-state index < -0.39 is 0 Å². The van der Waals surface area contributed by atoms with Crippen LogP contribution < -0.4 is 10.6 Å². The van der Waals surface area contributed by atoms with Gasteiger partial charge in [-0.05, 0) is 43.4 Å². The number of benzene rings is 1. The summed E-state index contributed by atoms with van der Waals surface area (Å²) in [6, 6.07) is 10.1. The van der Waals surface area contributed by atoms with Crippen LogP contribution in [0.3, 0.4) is 0 Å². The van der Waals surface area contributed by atoms with Crippen LogP contribution >= 0.6 is 0 Å². The molecule has 0 spiro atoms. The van der Waals surface area contributed by atoms with Gasteiger partial charge in [-0.3, -0.25) is 0 Å². The van der Waals surface area contributed by atoms with Gasteiger partial charge in [0.25, 0.3) is 0 Å². The minimum absolute atomic E-state index is 0.435. The maximum absolute atomic E-state index is 3.65. The van der Waals surface area contributed by atoms with E-state index in [0.717, 1.165) is 6.54 Å². The Balaban J connectivity index is 1.83. The zero-order chi connectivity index (χ0) is 13.7. The Labute approximate surface area is 118 Å². The molecule has 2 rings (SSSR count). The van der Waals surface area contributed by atoms with Crippen molar-refractivity contribution in [3.05, 3.63) is 35.4 Å². The zero-order valence-electron chi connectivity index (χ0n) is 12.6. The van der Waals surface area contributed by atoms with Crippen LogP contribution in [0.15, 0.2) is 24.3 Å². The molecule has 0 aliphatic carbocycles. The van der Waals surface area contributed by atoms with Crippen LogP contribution in [0.2, 0.25) is 0 Å². The van der Waals surface area contributed by atoms with Crippen LogP contribution in [0.5, 0.6) is 0 Å². The van der Waals surface area contributed by atoms with Gasteiger partial charge in [-0.1, -0.05) is 44.5 Å². The molecule has 0 bridgehead atoms. The van der Waals surface area contributed by atoms with Crippen molar-refractivity contribution in [2.24, 2.45) is 0 Å². The van der Waals surface area contributed by atoms with Crippen LogP contribution in [-0.4, -0.2) is 19.1 Å². The predicted molar refractivity (Wildman–Crippen MR) is 82.6 cm³/mol. The molecule has 19 heavy (non-hydrogen) atoms. The number of hydrogen-bond donors (Lipinski definition) is 2. The Morgan fingerprint density at radius 2 is 1.79 bits per heavy atom. The van der Waals surface area contributed by atoms with Gasteiger partial charge in [-0.2, -0.15) is 0 Å². The van der Waals surface area contributed by atoms with Crippen LogP contribution in [0.25, 0.3) is 0 Å². The van der Waals surface area contributed by atoms with Gasteiger partial charge in [0.2, 0.25) is 0 Å². The first-order valence-electron chi connectivity index (χ1n) is 7.73. The molecule has 1 aromatic rings. The van der Waals surface area contributed by atoms with Crippen molar-refractivity contribution in [2.45, 2.75) is 58.0 Å². The molecule has 0 saturated carbocycles. The molecule has 2 unspecified atom stereocenters. The summed E-state index contributed by atoms with van der Waals surface area (Å²) in [7, 11) is 0. The van der Waals surface area contributed by atoms with Gasteiger partial charge in [0.1, 0.15) is 0 Å².